The fourth-order valence-electron chi connectivity index (χ4n) is 3.87. The molecule has 166 valence electrons. The predicted octanol–water partition coefficient (Wildman–Crippen LogP) is 2.45. The van der Waals surface area contributed by atoms with Crippen LogP contribution in [0.5, 0.6) is 0 Å². The summed E-state index contributed by atoms with van der Waals surface area (Å²) >= 11 is 6.26. The molecule has 0 radical (unpaired) electrons. The van der Waals surface area contributed by atoms with Crippen LogP contribution in [-0.2, 0) is 19.6 Å². The largest absolute Gasteiger partial charge is 1.00 e. The van der Waals surface area contributed by atoms with E-state index >= 15 is 0 Å². The topological polar surface area (TPSA) is 88.2 Å². The average molecular weight is 474 g/mol. The molecular formula is C25H25ClN3NaO3. The van der Waals surface area contributed by atoms with Gasteiger partial charge < -0.3 is 16.2 Å². The number of aromatic nitrogens is 3. The average Bonchev–Trinajstić information content (AvgIpc) is 3.10. The number of carboxylic acids is 1. The molecule has 0 saturated carbocycles. The molecule has 0 bridgehead atoms. The fourth-order valence-corrected chi connectivity index (χ4v) is 4.13. The van der Waals surface area contributed by atoms with Gasteiger partial charge in [-0.15, -0.1) is 0 Å². The molecule has 2 aromatic carbocycles. The normalized spacial score (nSPS) is 10.9. The first-order chi connectivity index (χ1) is 15.5. The number of pyridine rings is 1. The number of aryl methyl sites for hydroxylation is 1. The first-order valence-corrected chi connectivity index (χ1v) is 11.0. The number of carbonyl (C=O) groups is 1. The Morgan fingerprint density at radius 2 is 1.91 bits per heavy atom. The number of carboxylic acid groups (broad SMARTS) is 1. The Hall–Kier alpha value is -2.22. The number of hydrogen-bond donors (Lipinski definition) is 2. The van der Waals surface area contributed by atoms with Crippen molar-refractivity contribution >= 4 is 28.5 Å². The quantitative estimate of drug-likeness (QED) is 0.384. The molecule has 2 heterocycles. The van der Waals surface area contributed by atoms with Crippen LogP contribution >= 0.6 is 11.6 Å². The molecule has 0 atom stereocenters. The van der Waals surface area contributed by atoms with Crippen molar-refractivity contribution in [2.45, 2.75) is 39.3 Å². The fraction of sp³-hybridized carbons (Fsp3) is 0.240. The van der Waals surface area contributed by atoms with E-state index in [9.17, 15) is 15.0 Å². The molecule has 2 aromatic heterocycles. The van der Waals surface area contributed by atoms with Gasteiger partial charge in [0.2, 0.25) is 0 Å². The van der Waals surface area contributed by atoms with Gasteiger partial charge in [-0.3, -0.25) is 0 Å². The van der Waals surface area contributed by atoms with Crippen molar-refractivity contribution in [3.05, 3.63) is 82.4 Å². The first-order valence-electron chi connectivity index (χ1n) is 10.6. The van der Waals surface area contributed by atoms with Crippen molar-refractivity contribution in [1.29, 1.82) is 0 Å². The number of rotatable bonds is 8. The summed E-state index contributed by atoms with van der Waals surface area (Å²) < 4.78 is 1.99. The van der Waals surface area contributed by atoms with Crippen molar-refractivity contribution in [3.8, 4) is 11.3 Å². The van der Waals surface area contributed by atoms with Crippen molar-refractivity contribution in [1.82, 2.24) is 14.5 Å². The van der Waals surface area contributed by atoms with Crippen LogP contribution in [0.4, 0.5) is 0 Å². The molecule has 0 unspecified atom stereocenters. The maximum Gasteiger partial charge on any atom is 1.00 e. The van der Waals surface area contributed by atoms with Crippen LogP contribution in [0.1, 0.15) is 48.6 Å². The zero-order valence-electron chi connectivity index (χ0n) is 19.8. The molecule has 0 fully saturated rings. The summed E-state index contributed by atoms with van der Waals surface area (Å²) in [5, 5.41) is 20.6. The van der Waals surface area contributed by atoms with Crippen LogP contribution in [0.25, 0.3) is 22.2 Å². The van der Waals surface area contributed by atoms with Crippen molar-refractivity contribution in [2.24, 2.45) is 0 Å². The summed E-state index contributed by atoms with van der Waals surface area (Å²) in [6.07, 6.45) is 2.85. The van der Waals surface area contributed by atoms with E-state index < -0.39 is 5.97 Å². The smallest absolute Gasteiger partial charge is 1.00 e. The van der Waals surface area contributed by atoms with Gasteiger partial charge in [0.1, 0.15) is 5.82 Å². The molecule has 6 nitrogen and oxygen atoms in total. The van der Waals surface area contributed by atoms with Gasteiger partial charge in [0, 0.05) is 23.9 Å². The van der Waals surface area contributed by atoms with Gasteiger partial charge in [-0.05, 0) is 36.2 Å². The zero-order valence-corrected chi connectivity index (χ0v) is 21.5. The summed E-state index contributed by atoms with van der Waals surface area (Å²) in [6, 6.07) is 16.6. The molecular weight excluding hydrogens is 449 g/mol. The second-order valence-electron chi connectivity index (χ2n) is 7.69. The van der Waals surface area contributed by atoms with E-state index in [2.05, 4.69) is 16.9 Å². The Morgan fingerprint density at radius 3 is 2.64 bits per heavy atom. The van der Waals surface area contributed by atoms with E-state index in [0.717, 1.165) is 41.6 Å². The third kappa shape index (κ3) is 5.48. The third-order valence-corrected chi connectivity index (χ3v) is 5.84. The molecule has 0 aliphatic heterocycles. The van der Waals surface area contributed by atoms with E-state index in [1.54, 1.807) is 18.2 Å². The van der Waals surface area contributed by atoms with E-state index in [1.807, 2.05) is 41.0 Å². The number of fused-ring (bicyclic) bond motifs is 1. The van der Waals surface area contributed by atoms with Gasteiger partial charge >= 0.3 is 35.5 Å². The van der Waals surface area contributed by atoms with Crippen LogP contribution in [0, 0.1) is 0 Å². The van der Waals surface area contributed by atoms with Crippen LogP contribution in [0.2, 0.25) is 5.15 Å². The number of aliphatic hydroxyl groups excluding tert-OH is 1. The first kappa shape index (κ1) is 25.4. The van der Waals surface area contributed by atoms with E-state index in [-0.39, 0.29) is 43.2 Å². The SMILES string of the molecule is CCCCc1nc(Cl)c(CO)n1Cc1ccc2nc(-c3ccccc3C(=O)O)ccc2c1.[H-].[Na+]. The number of aromatic carboxylic acids is 1. The maximum atomic E-state index is 11.6. The minimum absolute atomic E-state index is 0. The zero-order chi connectivity index (χ0) is 22.7. The van der Waals surface area contributed by atoms with E-state index in [4.69, 9.17) is 11.6 Å². The van der Waals surface area contributed by atoms with Crippen LogP contribution in [-0.4, -0.2) is 30.7 Å². The molecule has 33 heavy (non-hydrogen) atoms. The van der Waals surface area contributed by atoms with Gasteiger partial charge in [0.05, 0.1) is 29.1 Å². The standard InChI is InChI=1S/C25H24ClN3O3.Na.H/c1-2-3-8-23-28-24(26)22(15-30)29(23)14-16-9-11-20-17(13-16)10-12-21(27-20)18-6-4-5-7-19(18)25(31)32;;/h4-7,9-13,30H,2-3,8,14-15H2,1H3,(H,31,32);;/q;+1;-1. The van der Waals surface area contributed by atoms with Crippen molar-refractivity contribution in [2.75, 3.05) is 0 Å². The molecule has 0 aliphatic carbocycles. The van der Waals surface area contributed by atoms with Gasteiger partial charge in [-0.1, -0.05) is 55.3 Å². The number of imidazole rings is 1. The van der Waals surface area contributed by atoms with Crippen LogP contribution in [0.3, 0.4) is 0 Å². The van der Waals surface area contributed by atoms with Gasteiger partial charge in [0.15, 0.2) is 5.15 Å². The third-order valence-electron chi connectivity index (χ3n) is 5.53. The van der Waals surface area contributed by atoms with Crippen molar-refractivity contribution in [3.63, 3.8) is 0 Å². The second kappa shape index (κ2) is 11.3. The Kier molecular flexibility index (Phi) is 8.68. The number of benzene rings is 2. The Bertz CT molecular complexity index is 1300. The van der Waals surface area contributed by atoms with Crippen LogP contribution < -0.4 is 29.6 Å². The van der Waals surface area contributed by atoms with Gasteiger partial charge in [-0.2, -0.15) is 0 Å². The van der Waals surface area contributed by atoms with Crippen LogP contribution in [0.15, 0.2) is 54.6 Å². The summed E-state index contributed by atoms with van der Waals surface area (Å²) in [6.45, 7) is 2.51. The number of hydrogen-bond acceptors (Lipinski definition) is 4. The summed E-state index contributed by atoms with van der Waals surface area (Å²) in [7, 11) is 0. The number of nitrogens with zero attached hydrogens (tertiary/aromatic N) is 3. The molecule has 4 rings (SSSR count). The molecule has 8 heteroatoms. The summed E-state index contributed by atoms with van der Waals surface area (Å²) in [5.41, 5.74) is 3.88. The van der Waals surface area contributed by atoms with E-state index in [0.29, 0.717) is 28.6 Å². The minimum Gasteiger partial charge on any atom is -1.00 e. The maximum absolute atomic E-state index is 11.6. The minimum atomic E-state index is -0.976. The predicted molar refractivity (Wildman–Crippen MR) is 126 cm³/mol. The number of aliphatic hydroxyl groups is 1. The van der Waals surface area contributed by atoms with Crippen molar-refractivity contribution < 1.29 is 46.0 Å². The number of unbranched alkanes of at least 4 members (excludes halogenated alkanes) is 1. The molecule has 4 aromatic rings. The summed E-state index contributed by atoms with van der Waals surface area (Å²) in [4.78, 5) is 20.7. The molecule has 0 amide bonds. The Labute approximate surface area is 221 Å². The Balaban J connectivity index is 0.00000204. The molecule has 0 aliphatic rings. The molecule has 0 saturated heterocycles. The van der Waals surface area contributed by atoms with Gasteiger partial charge in [-0.25, -0.2) is 14.8 Å². The van der Waals surface area contributed by atoms with Gasteiger partial charge in [0.25, 0.3) is 0 Å². The Morgan fingerprint density at radius 1 is 1.12 bits per heavy atom. The monoisotopic (exact) mass is 473 g/mol. The second-order valence-corrected chi connectivity index (χ2v) is 8.05. The number of halogens is 1. The molecule has 0 spiro atoms. The van der Waals surface area contributed by atoms with E-state index in [1.165, 1.54) is 0 Å². The summed E-state index contributed by atoms with van der Waals surface area (Å²) in [5.74, 6) is -0.102. The molecule has 2 N–H and O–H groups in total.